The Bertz CT molecular complexity index is 1290. The number of rotatable bonds is 9. The lowest BCUT2D eigenvalue weighted by atomic mass is 10.1. The third-order valence-electron chi connectivity index (χ3n) is 5.97. The summed E-state index contributed by atoms with van der Waals surface area (Å²) in [5.41, 5.74) is 2.07. The zero-order chi connectivity index (χ0) is 24.8. The van der Waals surface area contributed by atoms with Gasteiger partial charge in [-0.2, -0.15) is 0 Å². The molecule has 1 aromatic carbocycles. The molecule has 1 unspecified atom stereocenters. The highest BCUT2D eigenvalue weighted by atomic mass is 32.2. The molecule has 0 aliphatic carbocycles. The van der Waals surface area contributed by atoms with Crippen LogP contribution >= 0.6 is 0 Å². The summed E-state index contributed by atoms with van der Waals surface area (Å²) in [7, 11) is -3.14. The molecule has 1 aliphatic heterocycles. The fourth-order valence-electron chi connectivity index (χ4n) is 4.03. The second kappa shape index (κ2) is 10.8. The van der Waals surface area contributed by atoms with Gasteiger partial charge < -0.3 is 15.5 Å². The first-order valence-corrected chi connectivity index (χ1v) is 13.4. The SMILES string of the molecule is CS(=O)(=O)C1CCN(c2ccc(C(=O)NCc3cccnc3)c(NCCc3cccc(F)c3)n2)C1. The highest BCUT2D eigenvalue weighted by Crippen LogP contribution is 2.25. The van der Waals surface area contributed by atoms with Gasteiger partial charge in [0, 0.05) is 44.8 Å². The fraction of sp³-hybridized carbons (Fsp3) is 0.320. The number of amides is 1. The van der Waals surface area contributed by atoms with Crippen LogP contribution in [0.4, 0.5) is 16.0 Å². The summed E-state index contributed by atoms with van der Waals surface area (Å²) in [4.78, 5) is 23.6. The van der Waals surface area contributed by atoms with E-state index in [-0.39, 0.29) is 11.7 Å². The van der Waals surface area contributed by atoms with E-state index < -0.39 is 15.1 Å². The predicted octanol–water partition coefficient (Wildman–Crippen LogP) is 2.82. The van der Waals surface area contributed by atoms with Gasteiger partial charge in [0.25, 0.3) is 5.91 Å². The number of anilines is 2. The van der Waals surface area contributed by atoms with Gasteiger partial charge in [0.2, 0.25) is 0 Å². The summed E-state index contributed by atoms with van der Waals surface area (Å²) in [6.45, 7) is 1.69. The largest absolute Gasteiger partial charge is 0.369 e. The van der Waals surface area contributed by atoms with Gasteiger partial charge in [-0.25, -0.2) is 17.8 Å². The molecule has 0 radical (unpaired) electrons. The number of nitrogens with zero attached hydrogens (tertiary/aromatic N) is 3. The molecule has 10 heteroatoms. The summed E-state index contributed by atoms with van der Waals surface area (Å²) in [6.07, 6.45) is 5.69. The van der Waals surface area contributed by atoms with Crippen molar-refractivity contribution in [2.45, 2.75) is 24.6 Å². The van der Waals surface area contributed by atoms with Crippen LogP contribution in [0.5, 0.6) is 0 Å². The normalized spacial score (nSPS) is 15.7. The van der Waals surface area contributed by atoms with Gasteiger partial charge in [-0.05, 0) is 54.3 Å². The maximum Gasteiger partial charge on any atom is 0.255 e. The number of nitrogens with one attached hydrogen (secondary N) is 2. The van der Waals surface area contributed by atoms with Gasteiger partial charge in [-0.15, -0.1) is 0 Å². The van der Waals surface area contributed by atoms with Crippen molar-refractivity contribution < 1.29 is 17.6 Å². The van der Waals surface area contributed by atoms with Gasteiger partial charge in [0.15, 0.2) is 9.84 Å². The quantitative estimate of drug-likeness (QED) is 0.468. The number of halogens is 1. The minimum absolute atomic E-state index is 0.295. The van der Waals surface area contributed by atoms with Crippen LogP contribution in [-0.2, 0) is 22.8 Å². The van der Waals surface area contributed by atoms with Crippen molar-refractivity contribution in [2.75, 3.05) is 36.1 Å². The monoisotopic (exact) mass is 497 g/mol. The zero-order valence-corrected chi connectivity index (χ0v) is 20.3. The van der Waals surface area contributed by atoms with Gasteiger partial charge in [0.05, 0.1) is 10.8 Å². The van der Waals surface area contributed by atoms with Crippen molar-refractivity contribution in [1.82, 2.24) is 15.3 Å². The fourth-order valence-corrected chi connectivity index (χ4v) is 5.01. The molecule has 3 aromatic rings. The van der Waals surface area contributed by atoms with Crippen LogP contribution in [0.2, 0.25) is 0 Å². The summed E-state index contributed by atoms with van der Waals surface area (Å²) < 4.78 is 37.4. The lowest BCUT2D eigenvalue weighted by Crippen LogP contribution is -2.28. The average molecular weight is 498 g/mol. The predicted molar refractivity (Wildman–Crippen MR) is 134 cm³/mol. The third kappa shape index (κ3) is 6.54. The molecule has 0 bridgehead atoms. The molecule has 2 N–H and O–H groups in total. The molecule has 4 rings (SSSR count). The van der Waals surface area contributed by atoms with E-state index in [1.807, 2.05) is 17.0 Å². The number of pyridine rings is 2. The minimum Gasteiger partial charge on any atom is -0.369 e. The average Bonchev–Trinajstić information content (AvgIpc) is 3.34. The van der Waals surface area contributed by atoms with E-state index in [0.29, 0.717) is 56.2 Å². The Morgan fingerprint density at radius 3 is 2.71 bits per heavy atom. The molecule has 1 fully saturated rings. The number of carbonyl (C=O) groups is 1. The van der Waals surface area contributed by atoms with Crippen molar-refractivity contribution >= 4 is 27.4 Å². The van der Waals surface area contributed by atoms with Crippen molar-refractivity contribution in [3.05, 3.63) is 83.4 Å². The van der Waals surface area contributed by atoms with Crippen LogP contribution in [0.3, 0.4) is 0 Å². The Labute approximate surface area is 204 Å². The van der Waals surface area contributed by atoms with E-state index in [4.69, 9.17) is 0 Å². The first kappa shape index (κ1) is 24.6. The molecule has 35 heavy (non-hydrogen) atoms. The summed E-state index contributed by atoms with van der Waals surface area (Å²) in [5.74, 6) is 0.405. The Hall–Kier alpha value is -3.53. The lowest BCUT2D eigenvalue weighted by Gasteiger charge is -2.20. The molecular formula is C25H28FN5O3S. The van der Waals surface area contributed by atoms with E-state index >= 15 is 0 Å². The van der Waals surface area contributed by atoms with Crippen molar-refractivity contribution in [1.29, 1.82) is 0 Å². The van der Waals surface area contributed by atoms with Gasteiger partial charge in [0.1, 0.15) is 17.5 Å². The van der Waals surface area contributed by atoms with Crippen molar-refractivity contribution in [2.24, 2.45) is 0 Å². The molecule has 1 amide bonds. The molecule has 2 aromatic heterocycles. The van der Waals surface area contributed by atoms with Crippen LogP contribution in [0.15, 0.2) is 60.9 Å². The highest BCUT2D eigenvalue weighted by Gasteiger charge is 2.31. The van der Waals surface area contributed by atoms with E-state index in [1.165, 1.54) is 18.4 Å². The second-order valence-corrected chi connectivity index (χ2v) is 10.9. The molecular weight excluding hydrogens is 469 g/mol. The molecule has 1 saturated heterocycles. The van der Waals surface area contributed by atoms with Crippen LogP contribution in [0, 0.1) is 5.82 Å². The van der Waals surface area contributed by atoms with Crippen molar-refractivity contribution in [3.63, 3.8) is 0 Å². The summed E-state index contributed by atoms with van der Waals surface area (Å²) >= 11 is 0. The Morgan fingerprint density at radius 2 is 2.00 bits per heavy atom. The van der Waals surface area contributed by atoms with Crippen molar-refractivity contribution in [3.8, 4) is 0 Å². The van der Waals surface area contributed by atoms with E-state index in [0.717, 1.165) is 11.1 Å². The van der Waals surface area contributed by atoms with Gasteiger partial charge in [-0.3, -0.25) is 9.78 Å². The molecule has 8 nitrogen and oxygen atoms in total. The first-order valence-electron chi connectivity index (χ1n) is 11.4. The number of hydrogen-bond acceptors (Lipinski definition) is 7. The summed E-state index contributed by atoms with van der Waals surface area (Å²) in [6, 6.07) is 13.5. The number of benzene rings is 1. The molecule has 0 saturated carbocycles. The van der Waals surface area contributed by atoms with E-state index in [9.17, 15) is 17.6 Å². The Kier molecular flexibility index (Phi) is 7.60. The standard InChI is InChI=1S/C25H28FN5O3S/c1-35(33,34)21-10-13-31(17-21)23-8-7-22(25(32)29-16-19-5-3-11-27-15-19)24(30-23)28-12-9-18-4-2-6-20(26)14-18/h2-8,11,14-15,21H,9-10,12-13,16-17H2,1H3,(H,28,30)(H,29,32). The van der Waals surface area contributed by atoms with Gasteiger partial charge >= 0.3 is 0 Å². The van der Waals surface area contributed by atoms with E-state index in [1.54, 1.807) is 36.7 Å². The lowest BCUT2D eigenvalue weighted by molar-refractivity contribution is 0.0951. The number of carbonyl (C=O) groups excluding carboxylic acids is 1. The number of hydrogen-bond donors (Lipinski definition) is 2. The van der Waals surface area contributed by atoms with Crippen LogP contribution in [0.25, 0.3) is 0 Å². The maximum absolute atomic E-state index is 13.5. The first-order chi connectivity index (χ1) is 16.8. The number of aromatic nitrogens is 2. The highest BCUT2D eigenvalue weighted by molar-refractivity contribution is 7.91. The number of sulfone groups is 1. The Morgan fingerprint density at radius 1 is 1.17 bits per heavy atom. The molecule has 1 atom stereocenters. The molecule has 3 heterocycles. The minimum atomic E-state index is -3.14. The topological polar surface area (TPSA) is 104 Å². The molecule has 0 spiro atoms. The zero-order valence-electron chi connectivity index (χ0n) is 19.4. The van der Waals surface area contributed by atoms with Gasteiger partial charge in [-0.1, -0.05) is 18.2 Å². The third-order valence-corrected chi connectivity index (χ3v) is 7.57. The van der Waals surface area contributed by atoms with E-state index in [2.05, 4.69) is 20.6 Å². The maximum atomic E-state index is 13.5. The molecule has 184 valence electrons. The molecule has 1 aliphatic rings. The Balaban J connectivity index is 1.51. The van der Waals surface area contributed by atoms with Crippen LogP contribution in [-0.4, -0.2) is 55.4 Å². The smallest absolute Gasteiger partial charge is 0.255 e. The summed E-state index contributed by atoms with van der Waals surface area (Å²) in [5, 5.41) is 5.67. The second-order valence-electron chi connectivity index (χ2n) is 8.60. The van der Waals surface area contributed by atoms with Crippen LogP contribution < -0.4 is 15.5 Å². The van der Waals surface area contributed by atoms with Crippen LogP contribution in [0.1, 0.15) is 27.9 Å².